The van der Waals surface area contributed by atoms with Crippen LogP contribution in [0, 0.1) is 0 Å². The van der Waals surface area contributed by atoms with Gasteiger partial charge in [-0.15, -0.1) is 0 Å². The molecule has 0 saturated heterocycles. The molecule has 3 amide bonds. The van der Waals surface area contributed by atoms with E-state index in [1.54, 1.807) is 0 Å². The highest BCUT2D eigenvalue weighted by Crippen LogP contribution is 2.23. The number of aryl methyl sites for hydroxylation is 1. The number of fused-ring (bicyclic) bond motifs is 2. The first-order valence-electron chi connectivity index (χ1n) is 10.3. The Bertz CT molecular complexity index is 1140. The topological polar surface area (TPSA) is 133 Å². The highest BCUT2D eigenvalue weighted by atomic mass is 16.2. The number of allylic oxidation sites excluding steroid dienone is 1. The number of rotatable bonds is 9. The summed E-state index contributed by atoms with van der Waals surface area (Å²) >= 11 is 0. The molecule has 6 N–H and O–H groups in total. The largest absolute Gasteiger partial charge is 0.368 e. The van der Waals surface area contributed by atoms with Gasteiger partial charge < -0.3 is 26.3 Å². The van der Waals surface area contributed by atoms with Gasteiger partial charge in [-0.25, -0.2) is 0 Å². The number of para-hydroxylation sites is 1. The first kappa shape index (κ1) is 20.5. The van der Waals surface area contributed by atoms with Crippen LogP contribution in [0.4, 0.5) is 0 Å². The molecule has 31 heavy (non-hydrogen) atoms. The van der Waals surface area contributed by atoms with E-state index >= 15 is 0 Å². The lowest BCUT2D eigenvalue weighted by Crippen LogP contribution is -2.53. The average Bonchev–Trinajstić information content (AvgIpc) is 3.37. The third kappa shape index (κ3) is 4.37. The van der Waals surface area contributed by atoms with Gasteiger partial charge in [0.05, 0.1) is 0 Å². The second-order valence-electron chi connectivity index (χ2n) is 7.72. The van der Waals surface area contributed by atoms with E-state index < -0.39 is 23.9 Å². The van der Waals surface area contributed by atoms with Crippen LogP contribution in [0.1, 0.15) is 28.8 Å². The van der Waals surface area contributed by atoms with Crippen LogP contribution in [0.5, 0.6) is 0 Å². The second kappa shape index (κ2) is 8.91. The number of amides is 3. The molecule has 8 heteroatoms. The molecule has 1 aliphatic rings. The number of aromatic nitrogens is 2. The van der Waals surface area contributed by atoms with Crippen molar-refractivity contribution in [3.63, 3.8) is 0 Å². The summed E-state index contributed by atoms with van der Waals surface area (Å²) in [6.45, 7) is 0. The third-order valence-corrected chi connectivity index (χ3v) is 5.71. The molecule has 1 aliphatic carbocycles. The van der Waals surface area contributed by atoms with E-state index in [1.165, 1.54) is 0 Å². The van der Waals surface area contributed by atoms with Gasteiger partial charge in [-0.3, -0.25) is 14.4 Å². The standard InChI is InChI=1S/C23H25N5O3/c24-22(30)20(9-14-11-25-18-7-3-1-5-16(14)18)28-23(31)21(27-13-29)10-15-12-26-19-8-4-2-6-17(15)19/h1-2,4-6,8,11-13,20-21,25-26H,3,7,9-10H2,(H2,24,30)(H,27,29)(H,28,31). The van der Waals surface area contributed by atoms with Crippen molar-refractivity contribution in [2.45, 2.75) is 37.8 Å². The van der Waals surface area contributed by atoms with Crippen molar-refractivity contribution in [2.24, 2.45) is 5.73 Å². The number of benzene rings is 1. The van der Waals surface area contributed by atoms with Crippen molar-refractivity contribution in [1.82, 2.24) is 20.6 Å². The number of hydrogen-bond donors (Lipinski definition) is 5. The monoisotopic (exact) mass is 419 g/mol. The fraction of sp³-hybridized carbons (Fsp3) is 0.261. The number of primary amides is 1. The molecule has 0 bridgehead atoms. The normalized spacial score (nSPS) is 14.6. The summed E-state index contributed by atoms with van der Waals surface area (Å²) in [5.41, 5.74) is 10.5. The van der Waals surface area contributed by atoms with Gasteiger partial charge in [-0.2, -0.15) is 0 Å². The van der Waals surface area contributed by atoms with Gasteiger partial charge in [0, 0.05) is 41.8 Å². The molecule has 160 valence electrons. The lowest BCUT2D eigenvalue weighted by atomic mass is 9.97. The number of aromatic amines is 2. The van der Waals surface area contributed by atoms with E-state index in [9.17, 15) is 14.4 Å². The van der Waals surface area contributed by atoms with Crippen LogP contribution in [0.25, 0.3) is 17.0 Å². The van der Waals surface area contributed by atoms with Crippen LogP contribution >= 0.6 is 0 Å². The van der Waals surface area contributed by atoms with Crippen molar-refractivity contribution in [2.75, 3.05) is 0 Å². The molecule has 4 rings (SSSR count). The van der Waals surface area contributed by atoms with Crippen molar-refractivity contribution < 1.29 is 14.4 Å². The molecule has 2 unspecified atom stereocenters. The van der Waals surface area contributed by atoms with Crippen LogP contribution in [-0.4, -0.2) is 40.3 Å². The smallest absolute Gasteiger partial charge is 0.243 e. The third-order valence-electron chi connectivity index (χ3n) is 5.71. The molecule has 0 fully saturated rings. The van der Waals surface area contributed by atoms with Crippen LogP contribution in [0.3, 0.4) is 0 Å². The average molecular weight is 419 g/mol. The van der Waals surface area contributed by atoms with Gasteiger partial charge in [0.2, 0.25) is 18.2 Å². The minimum Gasteiger partial charge on any atom is -0.368 e. The SMILES string of the molecule is NC(=O)C(Cc1c[nH]c2c1C=CCC2)NC(=O)C(Cc1c[nH]c2ccccc12)NC=O. The molecule has 0 radical (unpaired) electrons. The molecule has 0 spiro atoms. The van der Waals surface area contributed by atoms with E-state index in [1.807, 2.05) is 42.7 Å². The zero-order chi connectivity index (χ0) is 21.8. The molecule has 3 aromatic rings. The van der Waals surface area contributed by atoms with Gasteiger partial charge in [-0.05, 0) is 35.6 Å². The number of nitrogens with two attached hydrogens (primary N) is 1. The van der Waals surface area contributed by atoms with E-state index in [0.29, 0.717) is 6.41 Å². The summed E-state index contributed by atoms with van der Waals surface area (Å²) in [5.74, 6) is -1.08. The Morgan fingerprint density at radius 2 is 1.87 bits per heavy atom. The maximum absolute atomic E-state index is 13.0. The summed E-state index contributed by atoms with van der Waals surface area (Å²) in [4.78, 5) is 42.6. The van der Waals surface area contributed by atoms with Gasteiger partial charge in [0.1, 0.15) is 12.1 Å². The van der Waals surface area contributed by atoms with Gasteiger partial charge >= 0.3 is 0 Å². The Balaban J connectivity index is 1.49. The Morgan fingerprint density at radius 1 is 1.10 bits per heavy atom. The van der Waals surface area contributed by atoms with Crippen LogP contribution in [-0.2, 0) is 33.6 Å². The van der Waals surface area contributed by atoms with E-state index in [4.69, 9.17) is 5.73 Å². The van der Waals surface area contributed by atoms with Crippen molar-refractivity contribution in [3.05, 3.63) is 65.1 Å². The minimum absolute atomic E-state index is 0.276. The Kier molecular flexibility index (Phi) is 5.88. The Morgan fingerprint density at radius 3 is 2.68 bits per heavy atom. The lowest BCUT2D eigenvalue weighted by Gasteiger charge is -2.21. The van der Waals surface area contributed by atoms with E-state index in [2.05, 4.69) is 26.7 Å². The number of carbonyl (C=O) groups excluding carboxylic acids is 3. The van der Waals surface area contributed by atoms with Crippen molar-refractivity contribution in [3.8, 4) is 0 Å². The molecular formula is C23H25N5O3. The minimum atomic E-state index is -0.887. The predicted octanol–water partition coefficient (Wildman–Crippen LogP) is 1.33. The van der Waals surface area contributed by atoms with Crippen molar-refractivity contribution >= 4 is 35.2 Å². The van der Waals surface area contributed by atoms with Crippen LogP contribution in [0.15, 0.2) is 42.7 Å². The molecule has 2 atom stereocenters. The summed E-state index contributed by atoms with van der Waals surface area (Å²) in [6.07, 6.45) is 10.7. The Labute approximate surface area is 179 Å². The first-order valence-corrected chi connectivity index (χ1v) is 10.3. The van der Waals surface area contributed by atoms with Crippen LogP contribution in [0.2, 0.25) is 0 Å². The second-order valence-corrected chi connectivity index (χ2v) is 7.72. The predicted molar refractivity (Wildman–Crippen MR) is 118 cm³/mol. The summed E-state index contributed by atoms with van der Waals surface area (Å²) in [7, 11) is 0. The lowest BCUT2D eigenvalue weighted by molar-refractivity contribution is -0.129. The van der Waals surface area contributed by atoms with Crippen molar-refractivity contribution in [1.29, 1.82) is 0 Å². The Hall–Kier alpha value is -3.81. The van der Waals surface area contributed by atoms with Gasteiger partial charge in [0.25, 0.3) is 0 Å². The zero-order valence-corrected chi connectivity index (χ0v) is 17.0. The number of H-pyrrole nitrogens is 2. The first-order chi connectivity index (χ1) is 15.1. The summed E-state index contributed by atoms with van der Waals surface area (Å²) in [6, 6.07) is 6.00. The highest BCUT2D eigenvalue weighted by Gasteiger charge is 2.26. The molecule has 1 aromatic carbocycles. The number of hydrogen-bond acceptors (Lipinski definition) is 3. The molecule has 0 saturated carbocycles. The maximum Gasteiger partial charge on any atom is 0.243 e. The van der Waals surface area contributed by atoms with Gasteiger partial charge in [-0.1, -0.05) is 30.4 Å². The zero-order valence-electron chi connectivity index (χ0n) is 17.0. The molecule has 2 heterocycles. The summed E-state index contributed by atoms with van der Waals surface area (Å²) < 4.78 is 0. The molecule has 0 aliphatic heterocycles. The number of carbonyl (C=O) groups is 3. The molecule has 2 aromatic heterocycles. The van der Waals surface area contributed by atoms with Crippen LogP contribution < -0.4 is 16.4 Å². The fourth-order valence-corrected chi connectivity index (χ4v) is 4.08. The van der Waals surface area contributed by atoms with E-state index in [-0.39, 0.29) is 12.8 Å². The molecule has 8 nitrogen and oxygen atoms in total. The van der Waals surface area contributed by atoms with E-state index in [0.717, 1.165) is 46.1 Å². The maximum atomic E-state index is 13.0. The summed E-state index contributed by atoms with van der Waals surface area (Å²) in [5, 5.41) is 6.26. The number of nitrogens with one attached hydrogen (secondary N) is 4. The highest BCUT2D eigenvalue weighted by molar-refractivity contribution is 5.91. The molecular weight excluding hydrogens is 394 g/mol. The van der Waals surface area contributed by atoms with Gasteiger partial charge in [0.15, 0.2) is 0 Å². The fourth-order valence-electron chi connectivity index (χ4n) is 4.08. The quantitative estimate of drug-likeness (QED) is 0.335.